The van der Waals surface area contributed by atoms with Gasteiger partial charge in [0, 0.05) is 13.2 Å². The largest absolute Gasteiger partial charge is 0.378 e. The number of unbranched alkanes of at least 4 members (excludes halogenated alkanes) is 1. The van der Waals surface area contributed by atoms with E-state index in [9.17, 15) is 4.79 Å². The summed E-state index contributed by atoms with van der Waals surface area (Å²) in [5.74, 6) is 0. The van der Waals surface area contributed by atoms with Crippen molar-refractivity contribution in [1.82, 2.24) is 9.55 Å². The van der Waals surface area contributed by atoms with Gasteiger partial charge in [-0.15, -0.1) is 0 Å². The highest BCUT2D eigenvalue weighted by Crippen LogP contribution is 2.18. The van der Waals surface area contributed by atoms with Crippen molar-refractivity contribution in [3.05, 3.63) is 39.9 Å². The Labute approximate surface area is 131 Å². The summed E-state index contributed by atoms with van der Waals surface area (Å²) in [6.07, 6.45) is 7.72. The lowest BCUT2D eigenvalue weighted by atomic mass is 10.1. The first kappa shape index (κ1) is 15.2. The molecule has 0 bridgehead atoms. The zero-order valence-corrected chi connectivity index (χ0v) is 13.5. The third-order valence-corrected chi connectivity index (χ3v) is 4.46. The van der Waals surface area contributed by atoms with Crippen LogP contribution in [0.25, 0.3) is 10.9 Å². The molecule has 1 aliphatic rings. The molecule has 1 aromatic heterocycles. The molecule has 0 aliphatic carbocycles. The highest BCUT2D eigenvalue weighted by atomic mass is 16.5. The van der Waals surface area contributed by atoms with Crippen LogP contribution in [0.3, 0.4) is 0 Å². The Morgan fingerprint density at radius 3 is 2.95 bits per heavy atom. The average molecular weight is 300 g/mol. The van der Waals surface area contributed by atoms with E-state index in [1.54, 1.807) is 10.9 Å². The molecule has 118 valence electrons. The van der Waals surface area contributed by atoms with Gasteiger partial charge >= 0.3 is 0 Å². The van der Waals surface area contributed by atoms with Crippen molar-refractivity contribution in [1.29, 1.82) is 0 Å². The monoisotopic (exact) mass is 300 g/mol. The molecular weight excluding hydrogens is 276 g/mol. The topological polar surface area (TPSA) is 44.1 Å². The third-order valence-electron chi connectivity index (χ3n) is 4.46. The number of aromatic nitrogens is 2. The summed E-state index contributed by atoms with van der Waals surface area (Å²) >= 11 is 0. The molecule has 3 rings (SSSR count). The maximum atomic E-state index is 12.6. The summed E-state index contributed by atoms with van der Waals surface area (Å²) in [6.45, 7) is 5.68. The van der Waals surface area contributed by atoms with Gasteiger partial charge in [0.15, 0.2) is 0 Å². The number of rotatable bonds is 5. The van der Waals surface area contributed by atoms with Gasteiger partial charge in [0.25, 0.3) is 5.56 Å². The predicted octanol–water partition coefficient (Wildman–Crippen LogP) is 3.36. The number of ether oxygens (including phenoxy) is 1. The summed E-state index contributed by atoms with van der Waals surface area (Å²) in [5, 5.41) is 0.735. The molecule has 0 amide bonds. The van der Waals surface area contributed by atoms with Crippen LogP contribution in [-0.4, -0.2) is 22.3 Å². The lowest BCUT2D eigenvalue weighted by molar-refractivity contribution is 0.102. The molecular formula is C18H24N2O2. The molecule has 0 spiro atoms. The van der Waals surface area contributed by atoms with E-state index in [2.05, 4.69) is 11.1 Å². The molecule has 0 saturated carbocycles. The third kappa shape index (κ3) is 3.22. The second kappa shape index (κ2) is 6.61. The highest BCUT2D eigenvalue weighted by molar-refractivity contribution is 5.81. The Balaban J connectivity index is 1.68. The second-order valence-corrected chi connectivity index (χ2v) is 6.35. The lowest BCUT2D eigenvalue weighted by Gasteiger charge is -2.10. The van der Waals surface area contributed by atoms with Crippen LogP contribution in [0, 0.1) is 13.8 Å². The number of hydrogen-bond acceptors (Lipinski definition) is 3. The van der Waals surface area contributed by atoms with Crippen LogP contribution in [0.4, 0.5) is 0 Å². The first-order valence-electron chi connectivity index (χ1n) is 8.23. The molecule has 1 atom stereocenters. The zero-order valence-electron chi connectivity index (χ0n) is 13.5. The minimum absolute atomic E-state index is 0.0777. The van der Waals surface area contributed by atoms with Crippen LogP contribution >= 0.6 is 0 Å². The number of nitrogens with zero attached hydrogens (tertiary/aromatic N) is 2. The predicted molar refractivity (Wildman–Crippen MR) is 88.3 cm³/mol. The summed E-state index contributed by atoms with van der Waals surface area (Å²) in [5.41, 5.74) is 3.08. The van der Waals surface area contributed by atoms with E-state index >= 15 is 0 Å². The van der Waals surface area contributed by atoms with E-state index in [-0.39, 0.29) is 5.56 Å². The Hall–Kier alpha value is -1.68. The van der Waals surface area contributed by atoms with Gasteiger partial charge in [0.1, 0.15) is 0 Å². The minimum Gasteiger partial charge on any atom is -0.378 e. The van der Waals surface area contributed by atoms with Gasteiger partial charge in [-0.3, -0.25) is 9.36 Å². The van der Waals surface area contributed by atoms with Crippen LogP contribution in [-0.2, 0) is 11.3 Å². The molecule has 1 aromatic carbocycles. The maximum absolute atomic E-state index is 12.6. The molecule has 0 radical (unpaired) electrons. The molecule has 1 aliphatic heterocycles. The van der Waals surface area contributed by atoms with E-state index in [1.807, 2.05) is 19.9 Å². The fraction of sp³-hybridized carbons (Fsp3) is 0.556. The second-order valence-electron chi connectivity index (χ2n) is 6.35. The van der Waals surface area contributed by atoms with Gasteiger partial charge in [-0.25, -0.2) is 4.98 Å². The van der Waals surface area contributed by atoms with Crippen molar-refractivity contribution in [2.75, 3.05) is 6.61 Å². The quantitative estimate of drug-likeness (QED) is 0.795. The smallest absolute Gasteiger partial charge is 0.261 e. The molecule has 22 heavy (non-hydrogen) atoms. The van der Waals surface area contributed by atoms with Crippen molar-refractivity contribution >= 4 is 10.9 Å². The number of fused-ring (bicyclic) bond motifs is 1. The van der Waals surface area contributed by atoms with Crippen LogP contribution in [0.15, 0.2) is 23.3 Å². The number of aryl methyl sites for hydroxylation is 3. The van der Waals surface area contributed by atoms with E-state index in [1.165, 1.54) is 12.8 Å². The van der Waals surface area contributed by atoms with Crippen LogP contribution < -0.4 is 5.56 Å². The van der Waals surface area contributed by atoms with Gasteiger partial charge in [-0.2, -0.15) is 0 Å². The molecule has 2 aromatic rings. The summed E-state index contributed by atoms with van der Waals surface area (Å²) in [7, 11) is 0. The van der Waals surface area contributed by atoms with Gasteiger partial charge in [-0.05, 0) is 63.1 Å². The average Bonchev–Trinajstić information content (AvgIpc) is 2.99. The SMILES string of the molecule is Cc1cc(C)c2ncn(CCCCC3CCCO3)c(=O)c2c1. The Morgan fingerprint density at radius 1 is 1.32 bits per heavy atom. The van der Waals surface area contributed by atoms with Gasteiger partial charge in [-0.1, -0.05) is 6.07 Å². The number of hydrogen-bond donors (Lipinski definition) is 0. The Kier molecular flexibility index (Phi) is 4.57. The molecule has 4 nitrogen and oxygen atoms in total. The van der Waals surface area contributed by atoms with Crippen molar-refractivity contribution in [2.24, 2.45) is 0 Å². The van der Waals surface area contributed by atoms with Crippen molar-refractivity contribution in [3.63, 3.8) is 0 Å². The van der Waals surface area contributed by atoms with Gasteiger partial charge in [0.2, 0.25) is 0 Å². The van der Waals surface area contributed by atoms with Gasteiger partial charge < -0.3 is 4.74 Å². The van der Waals surface area contributed by atoms with Crippen LogP contribution in [0.5, 0.6) is 0 Å². The van der Waals surface area contributed by atoms with E-state index in [4.69, 9.17) is 4.74 Å². The summed E-state index contributed by atoms with van der Waals surface area (Å²) in [6, 6.07) is 4.02. The minimum atomic E-state index is 0.0777. The van der Waals surface area contributed by atoms with Crippen molar-refractivity contribution in [2.45, 2.75) is 58.6 Å². The van der Waals surface area contributed by atoms with Crippen LogP contribution in [0.2, 0.25) is 0 Å². The summed E-state index contributed by atoms with van der Waals surface area (Å²) < 4.78 is 7.38. The Bertz CT molecular complexity index is 715. The number of benzene rings is 1. The van der Waals surface area contributed by atoms with E-state index in [0.29, 0.717) is 6.10 Å². The van der Waals surface area contributed by atoms with Crippen molar-refractivity contribution < 1.29 is 4.74 Å². The van der Waals surface area contributed by atoms with Crippen molar-refractivity contribution in [3.8, 4) is 0 Å². The molecule has 1 saturated heterocycles. The molecule has 4 heteroatoms. The highest BCUT2D eigenvalue weighted by Gasteiger charge is 2.14. The molecule has 0 N–H and O–H groups in total. The first-order chi connectivity index (χ1) is 10.6. The Morgan fingerprint density at radius 2 is 2.18 bits per heavy atom. The first-order valence-corrected chi connectivity index (χ1v) is 8.23. The van der Waals surface area contributed by atoms with E-state index < -0.39 is 0 Å². The lowest BCUT2D eigenvalue weighted by Crippen LogP contribution is -2.21. The fourth-order valence-corrected chi connectivity index (χ4v) is 3.31. The molecule has 1 fully saturated rings. The normalized spacial score (nSPS) is 18.2. The van der Waals surface area contributed by atoms with Crippen LogP contribution in [0.1, 0.15) is 43.2 Å². The summed E-state index contributed by atoms with van der Waals surface area (Å²) in [4.78, 5) is 17.1. The molecule has 2 heterocycles. The van der Waals surface area contributed by atoms with E-state index in [0.717, 1.165) is 54.4 Å². The maximum Gasteiger partial charge on any atom is 0.261 e. The standard InChI is InChI=1S/C18H24N2O2/c1-13-10-14(2)17-16(11-13)18(21)20(12-19-17)8-4-3-6-15-7-5-9-22-15/h10-12,15H,3-9H2,1-2H3. The molecule has 1 unspecified atom stereocenters. The zero-order chi connectivity index (χ0) is 15.5. The fourth-order valence-electron chi connectivity index (χ4n) is 3.31. The van der Waals surface area contributed by atoms with Gasteiger partial charge in [0.05, 0.1) is 23.3 Å².